The molecule has 1 saturated carbocycles. The van der Waals surface area contributed by atoms with E-state index in [0.717, 1.165) is 38.9 Å². The largest absolute Gasteiger partial charge is 0.378 e. The summed E-state index contributed by atoms with van der Waals surface area (Å²) in [6.07, 6.45) is 3.37. The smallest absolute Gasteiger partial charge is 0.225 e. The molecule has 5 heteroatoms. The number of hydrogen-bond donors (Lipinski definition) is 2. The van der Waals surface area contributed by atoms with E-state index in [0.29, 0.717) is 6.61 Å². The molecule has 2 fully saturated rings. The Morgan fingerprint density at radius 2 is 2.11 bits per heavy atom. The van der Waals surface area contributed by atoms with Crippen molar-refractivity contribution in [1.29, 1.82) is 0 Å². The first-order valence-corrected chi connectivity index (χ1v) is 6.75. The van der Waals surface area contributed by atoms with Gasteiger partial charge in [-0.25, -0.2) is 0 Å². The molecule has 1 saturated heterocycles. The molecular formula is C13H25ClN2O2. The number of nitrogens with one attached hydrogen (secondary N) is 2. The minimum atomic E-state index is 0. The lowest BCUT2D eigenvalue weighted by molar-refractivity contribution is -0.123. The third-order valence-corrected chi connectivity index (χ3v) is 3.95. The monoisotopic (exact) mass is 276 g/mol. The first-order valence-electron chi connectivity index (χ1n) is 6.75. The predicted octanol–water partition coefficient (Wildman–Crippen LogP) is 1.34. The standard InChI is InChI=1S/C13H24N2O2.ClH/c1-3-17-11-8-10(11)12(16)15-9-13(2)4-6-14-7-5-13;/h10-11,14H,3-9H2,1-2H3,(H,15,16);1H. The van der Waals surface area contributed by atoms with E-state index >= 15 is 0 Å². The molecule has 18 heavy (non-hydrogen) atoms. The number of hydrogen-bond acceptors (Lipinski definition) is 3. The number of carbonyl (C=O) groups excluding carboxylic acids is 1. The fraction of sp³-hybridized carbons (Fsp3) is 0.923. The van der Waals surface area contributed by atoms with Gasteiger partial charge in [-0.2, -0.15) is 0 Å². The molecular weight excluding hydrogens is 252 g/mol. The molecule has 0 aromatic carbocycles. The number of piperidine rings is 1. The number of ether oxygens (including phenoxy) is 1. The first kappa shape index (κ1) is 15.7. The van der Waals surface area contributed by atoms with Crippen molar-refractivity contribution < 1.29 is 9.53 Å². The van der Waals surface area contributed by atoms with Crippen LogP contribution in [0.1, 0.15) is 33.1 Å². The van der Waals surface area contributed by atoms with Crippen molar-refractivity contribution in [3.05, 3.63) is 0 Å². The quantitative estimate of drug-likeness (QED) is 0.797. The van der Waals surface area contributed by atoms with Gasteiger partial charge in [0, 0.05) is 13.2 Å². The van der Waals surface area contributed by atoms with Gasteiger partial charge in [0.25, 0.3) is 0 Å². The average molecular weight is 277 g/mol. The molecule has 2 rings (SSSR count). The molecule has 2 N–H and O–H groups in total. The molecule has 2 atom stereocenters. The fourth-order valence-electron chi connectivity index (χ4n) is 2.48. The molecule has 0 spiro atoms. The number of halogens is 1. The van der Waals surface area contributed by atoms with Gasteiger partial charge >= 0.3 is 0 Å². The maximum absolute atomic E-state index is 11.9. The van der Waals surface area contributed by atoms with Crippen molar-refractivity contribution in [2.24, 2.45) is 11.3 Å². The summed E-state index contributed by atoms with van der Waals surface area (Å²) >= 11 is 0. The number of carbonyl (C=O) groups is 1. The van der Waals surface area contributed by atoms with Crippen LogP contribution in [0.25, 0.3) is 0 Å². The first-order chi connectivity index (χ1) is 8.14. The lowest BCUT2D eigenvalue weighted by Gasteiger charge is -2.34. The Morgan fingerprint density at radius 1 is 1.44 bits per heavy atom. The van der Waals surface area contributed by atoms with Crippen LogP contribution < -0.4 is 10.6 Å². The Bertz CT molecular complexity index is 280. The van der Waals surface area contributed by atoms with Crippen LogP contribution in [-0.4, -0.2) is 38.3 Å². The number of amides is 1. The van der Waals surface area contributed by atoms with E-state index < -0.39 is 0 Å². The van der Waals surface area contributed by atoms with Crippen molar-refractivity contribution in [2.45, 2.75) is 39.2 Å². The molecule has 0 aromatic rings. The molecule has 2 unspecified atom stereocenters. The van der Waals surface area contributed by atoms with Crippen LogP contribution in [0, 0.1) is 11.3 Å². The zero-order valence-corrected chi connectivity index (χ0v) is 12.1. The van der Waals surface area contributed by atoms with Gasteiger partial charge < -0.3 is 15.4 Å². The van der Waals surface area contributed by atoms with E-state index in [1.807, 2.05) is 6.92 Å². The Kier molecular flexibility index (Phi) is 5.89. The zero-order valence-electron chi connectivity index (χ0n) is 11.3. The van der Waals surface area contributed by atoms with Gasteiger partial charge in [-0.3, -0.25) is 4.79 Å². The second kappa shape index (κ2) is 6.73. The van der Waals surface area contributed by atoms with E-state index in [1.54, 1.807) is 0 Å². The van der Waals surface area contributed by atoms with Crippen molar-refractivity contribution in [2.75, 3.05) is 26.2 Å². The Balaban J connectivity index is 0.00000162. The van der Waals surface area contributed by atoms with Gasteiger partial charge in [0.05, 0.1) is 12.0 Å². The molecule has 106 valence electrons. The molecule has 2 aliphatic rings. The van der Waals surface area contributed by atoms with Crippen molar-refractivity contribution in [3.8, 4) is 0 Å². The Hall–Kier alpha value is -0.320. The van der Waals surface area contributed by atoms with Gasteiger partial charge in [-0.05, 0) is 44.7 Å². The molecule has 0 radical (unpaired) electrons. The highest BCUT2D eigenvalue weighted by Crippen LogP contribution is 2.34. The maximum atomic E-state index is 11.9. The third kappa shape index (κ3) is 4.11. The van der Waals surface area contributed by atoms with Gasteiger partial charge in [0.2, 0.25) is 5.91 Å². The van der Waals surface area contributed by atoms with Crippen LogP contribution in [0.5, 0.6) is 0 Å². The summed E-state index contributed by atoms with van der Waals surface area (Å²) in [5, 5.41) is 6.45. The van der Waals surface area contributed by atoms with Crippen LogP contribution in [0.15, 0.2) is 0 Å². The van der Waals surface area contributed by atoms with E-state index in [-0.39, 0.29) is 35.8 Å². The molecule has 1 amide bonds. The minimum Gasteiger partial charge on any atom is -0.378 e. The lowest BCUT2D eigenvalue weighted by Crippen LogP contribution is -2.43. The van der Waals surface area contributed by atoms with Crippen LogP contribution in [0.2, 0.25) is 0 Å². The Labute approximate surface area is 116 Å². The van der Waals surface area contributed by atoms with Crippen LogP contribution >= 0.6 is 12.4 Å². The minimum absolute atomic E-state index is 0. The number of rotatable bonds is 5. The molecule has 1 heterocycles. The fourth-order valence-corrected chi connectivity index (χ4v) is 2.48. The van der Waals surface area contributed by atoms with Crippen molar-refractivity contribution in [3.63, 3.8) is 0 Å². The van der Waals surface area contributed by atoms with Gasteiger partial charge in [0.15, 0.2) is 0 Å². The summed E-state index contributed by atoms with van der Waals surface area (Å²) < 4.78 is 5.43. The predicted molar refractivity (Wildman–Crippen MR) is 74.0 cm³/mol. The van der Waals surface area contributed by atoms with Gasteiger partial charge in [0.1, 0.15) is 0 Å². The summed E-state index contributed by atoms with van der Waals surface area (Å²) in [6, 6.07) is 0. The topological polar surface area (TPSA) is 50.4 Å². The molecule has 0 bridgehead atoms. The highest BCUT2D eigenvalue weighted by Gasteiger charge is 2.44. The second-order valence-corrected chi connectivity index (χ2v) is 5.61. The summed E-state index contributed by atoms with van der Waals surface area (Å²) in [5.41, 5.74) is 0.275. The normalized spacial score (nSPS) is 29.2. The van der Waals surface area contributed by atoms with Crippen molar-refractivity contribution in [1.82, 2.24) is 10.6 Å². The van der Waals surface area contributed by atoms with Crippen LogP contribution in [0.3, 0.4) is 0 Å². The molecule has 0 aromatic heterocycles. The van der Waals surface area contributed by atoms with Crippen LogP contribution in [-0.2, 0) is 9.53 Å². The zero-order chi connectivity index (χ0) is 12.3. The average Bonchev–Trinajstić information content (AvgIpc) is 3.07. The Morgan fingerprint density at radius 3 is 2.72 bits per heavy atom. The van der Waals surface area contributed by atoms with Crippen molar-refractivity contribution >= 4 is 18.3 Å². The maximum Gasteiger partial charge on any atom is 0.225 e. The highest BCUT2D eigenvalue weighted by atomic mass is 35.5. The molecule has 1 aliphatic carbocycles. The van der Waals surface area contributed by atoms with Gasteiger partial charge in [-0.1, -0.05) is 6.92 Å². The summed E-state index contributed by atoms with van der Waals surface area (Å²) in [4.78, 5) is 11.9. The molecule has 4 nitrogen and oxygen atoms in total. The highest BCUT2D eigenvalue weighted by molar-refractivity contribution is 5.85. The van der Waals surface area contributed by atoms with E-state index in [4.69, 9.17) is 4.74 Å². The lowest BCUT2D eigenvalue weighted by atomic mass is 9.81. The third-order valence-electron chi connectivity index (χ3n) is 3.95. The van der Waals surface area contributed by atoms with Gasteiger partial charge in [-0.15, -0.1) is 12.4 Å². The van der Waals surface area contributed by atoms with E-state index in [2.05, 4.69) is 17.6 Å². The SMILES string of the molecule is CCOC1CC1C(=O)NCC1(C)CCNCC1.Cl. The van der Waals surface area contributed by atoms with E-state index in [1.165, 1.54) is 0 Å². The van der Waals surface area contributed by atoms with Crippen LogP contribution in [0.4, 0.5) is 0 Å². The summed E-state index contributed by atoms with van der Waals surface area (Å²) in [7, 11) is 0. The summed E-state index contributed by atoms with van der Waals surface area (Å²) in [5.74, 6) is 0.295. The second-order valence-electron chi connectivity index (χ2n) is 5.61. The van der Waals surface area contributed by atoms with E-state index in [9.17, 15) is 4.79 Å². The molecule has 1 aliphatic heterocycles. The summed E-state index contributed by atoms with van der Waals surface area (Å²) in [6.45, 7) is 7.89.